The van der Waals surface area contributed by atoms with Gasteiger partial charge in [0.2, 0.25) is 0 Å². The maximum atomic E-state index is 4.65. The van der Waals surface area contributed by atoms with Crippen LogP contribution in [0.2, 0.25) is 0 Å². The molecule has 4 heteroatoms. The number of rotatable bonds is 0. The van der Waals surface area contributed by atoms with Gasteiger partial charge in [0.25, 0.3) is 0 Å². The fourth-order valence-electron chi connectivity index (χ4n) is 0.306. The molecule has 0 aliphatic heterocycles. The van der Waals surface area contributed by atoms with Crippen molar-refractivity contribution in [3.63, 3.8) is 0 Å². The van der Waals surface area contributed by atoms with E-state index in [4.69, 9.17) is 0 Å². The third kappa shape index (κ3) is 12.8. The molecule has 0 spiro atoms. The van der Waals surface area contributed by atoms with Crippen molar-refractivity contribution in [2.75, 3.05) is 0 Å². The van der Waals surface area contributed by atoms with Gasteiger partial charge >= 0.3 is 51.4 Å². The first-order valence-corrected chi connectivity index (χ1v) is 3.22. The molecule has 0 atom stereocenters. The van der Waals surface area contributed by atoms with E-state index in [1.165, 1.54) is 0 Å². The first-order chi connectivity index (χ1) is 3.42. The van der Waals surface area contributed by atoms with Crippen LogP contribution in [0.5, 0.6) is 0 Å². The van der Waals surface area contributed by atoms with Gasteiger partial charge < -0.3 is 30.2 Å². The van der Waals surface area contributed by atoms with Gasteiger partial charge in [-0.2, -0.15) is 0 Å². The molecule has 0 radical (unpaired) electrons. The molecule has 1 N–H and O–H groups in total. The molecule has 0 aliphatic rings. The molecule has 1 nitrogen and oxygen atoms in total. The van der Waals surface area contributed by atoms with Gasteiger partial charge in [0.1, 0.15) is 0 Å². The van der Waals surface area contributed by atoms with E-state index in [0.29, 0.717) is 4.32 Å². The molecule has 0 bridgehead atoms. The summed E-state index contributed by atoms with van der Waals surface area (Å²) in [6.45, 7) is 6.06. The Morgan fingerprint density at radius 3 is 1.78 bits per heavy atom. The summed E-state index contributed by atoms with van der Waals surface area (Å²) in [7, 11) is 0. The smallest absolute Gasteiger partial charge is 0.412 e. The summed E-state index contributed by atoms with van der Waals surface area (Å²) in [6.07, 6.45) is 0. The molecule has 0 aromatic heterocycles. The molecular formula is C5H10KNS2. The molecule has 0 aliphatic carbocycles. The standard InChI is InChI=1S/C5H11NS2.K/c1-5(2,3)6-4(7)8;/h1-3H3,(H2,6,7,8);/q;+1/p-1. The SMILES string of the molecule is CC(C)(C)NC(=S)[S-].[K+]. The second-order valence-electron chi connectivity index (χ2n) is 2.66. The fourth-order valence-corrected chi connectivity index (χ4v) is 0.919. The summed E-state index contributed by atoms with van der Waals surface area (Å²) in [5.74, 6) is 0. The molecular weight excluding hydrogens is 177 g/mol. The molecule has 0 aromatic rings. The van der Waals surface area contributed by atoms with Crippen LogP contribution in [0.1, 0.15) is 20.8 Å². The molecule has 0 rings (SSSR count). The summed E-state index contributed by atoms with van der Waals surface area (Å²) >= 11 is 9.29. The number of nitrogens with one attached hydrogen (secondary N) is 1. The quantitative estimate of drug-likeness (QED) is 0.273. The van der Waals surface area contributed by atoms with E-state index in [1.54, 1.807) is 0 Å². The van der Waals surface area contributed by atoms with Gasteiger partial charge in [0.05, 0.1) is 0 Å². The molecule has 0 unspecified atom stereocenters. The van der Waals surface area contributed by atoms with E-state index >= 15 is 0 Å². The van der Waals surface area contributed by atoms with Crippen LogP contribution in [0.25, 0.3) is 0 Å². The van der Waals surface area contributed by atoms with Gasteiger partial charge in [-0.05, 0) is 20.8 Å². The zero-order chi connectivity index (χ0) is 6.78. The van der Waals surface area contributed by atoms with Crippen molar-refractivity contribution < 1.29 is 51.4 Å². The predicted octanol–water partition coefficient (Wildman–Crippen LogP) is -1.79. The Morgan fingerprint density at radius 1 is 1.44 bits per heavy atom. The largest absolute Gasteiger partial charge is 1.00 e. The van der Waals surface area contributed by atoms with Crippen molar-refractivity contribution in [1.29, 1.82) is 0 Å². The Hall–Kier alpha value is 1.75. The summed E-state index contributed by atoms with van der Waals surface area (Å²) in [5, 5.41) is 2.93. The van der Waals surface area contributed by atoms with Gasteiger partial charge in [0.15, 0.2) is 0 Å². The van der Waals surface area contributed by atoms with Gasteiger partial charge in [-0.1, -0.05) is 4.32 Å². The maximum absolute atomic E-state index is 4.65. The van der Waals surface area contributed by atoms with Gasteiger partial charge in [-0.25, -0.2) is 0 Å². The van der Waals surface area contributed by atoms with E-state index in [2.05, 4.69) is 30.2 Å². The Labute approximate surface area is 110 Å². The number of thiocarbonyl (C=S) groups is 1. The zero-order valence-corrected chi connectivity index (χ0v) is 11.1. The third-order valence-corrected chi connectivity index (χ3v) is 0.681. The molecule has 0 saturated heterocycles. The van der Waals surface area contributed by atoms with E-state index < -0.39 is 0 Å². The Balaban J connectivity index is 0. The van der Waals surface area contributed by atoms with Crippen molar-refractivity contribution in [2.24, 2.45) is 0 Å². The molecule has 9 heavy (non-hydrogen) atoms. The summed E-state index contributed by atoms with van der Waals surface area (Å²) in [4.78, 5) is 0. The zero-order valence-electron chi connectivity index (χ0n) is 6.32. The Morgan fingerprint density at radius 2 is 1.78 bits per heavy atom. The molecule has 48 valence electrons. The van der Waals surface area contributed by atoms with E-state index in [1.807, 2.05) is 20.8 Å². The van der Waals surface area contributed by atoms with E-state index in [9.17, 15) is 0 Å². The van der Waals surface area contributed by atoms with Gasteiger partial charge in [-0.15, -0.1) is 0 Å². The minimum atomic E-state index is 0. The van der Waals surface area contributed by atoms with Crippen LogP contribution in [0.3, 0.4) is 0 Å². The Bertz CT molecular complexity index is 97.6. The monoisotopic (exact) mass is 187 g/mol. The topological polar surface area (TPSA) is 12.0 Å². The fraction of sp³-hybridized carbons (Fsp3) is 0.800. The average molecular weight is 187 g/mol. The van der Waals surface area contributed by atoms with Crippen molar-refractivity contribution in [1.82, 2.24) is 5.32 Å². The van der Waals surface area contributed by atoms with Crippen molar-refractivity contribution in [2.45, 2.75) is 26.3 Å². The molecule has 0 saturated carbocycles. The predicted molar refractivity (Wildman–Crippen MR) is 42.9 cm³/mol. The molecule has 0 amide bonds. The van der Waals surface area contributed by atoms with Crippen LogP contribution < -0.4 is 56.7 Å². The minimum Gasteiger partial charge on any atom is -0.412 e. The van der Waals surface area contributed by atoms with Crippen LogP contribution in [0.4, 0.5) is 0 Å². The van der Waals surface area contributed by atoms with Crippen LogP contribution in [-0.4, -0.2) is 9.86 Å². The van der Waals surface area contributed by atoms with E-state index in [0.717, 1.165) is 0 Å². The summed E-state index contributed by atoms with van der Waals surface area (Å²) in [6, 6.07) is 0. The molecule has 0 fully saturated rings. The van der Waals surface area contributed by atoms with E-state index in [-0.39, 0.29) is 56.9 Å². The maximum Gasteiger partial charge on any atom is 1.00 e. The van der Waals surface area contributed by atoms with Crippen molar-refractivity contribution >= 4 is 29.2 Å². The van der Waals surface area contributed by atoms with Crippen LogP contribution in [0, 0.1) is 0 Å². The third-order valence-electron chi connectivity index (χ3n) is 0.477. The first kappa shape index (κ1) is 13.3. The minimum absolute atomic E-state index is 0. The average Bonchev–Trinajstić information content (AvgIpc) is 1.21. The van der Waals surface area contributed by atoms with Crippen LogP contribution in [0.15, 0.2) is 0 Å². The number of hydrogen-bond donors (Lipinski definition) is 1. The molecule has 0 aromatic carbocycles. The second kappa shape index (κ2) is 5.40. The normalized spacial score (nSPS) is 9.67. The van der Waals surface area contributed by atoms with Crippen LogP contribution >= 0.6 is 12.2 Å². The summed E-state index contributed by atoms with van der Waals surface area (Å²) < 4.78 is 0.442. The second-order valence-corrected chi connectivity index (χ2v) is 3.74. The van der Waals surface area contributed by atoms with Gasteiger partial charge in [0, 0.05) is 5.54 Å². The summed E-state index contributed by atoms with van der Waals surface area (Å²) in [5.41, 5.74) is 0.0266. The van der Waals surface area contributed by atoms with Crippen LogP contribution in [-0.2, 0) is 12.6 Å². The Kier molecular flexibility index (Phi) is 8.01. The molecule has 0 heterocycles. The van der Waals surface area contributed by atoms with Gasteiger partial charge in [-0.3, -0.25) is 0 Å². The van der Waals surface area contributed by atoms with Crippen molar-refractivity contribution in [3.8, 4) is 0 Å². The van der Waals surface area contributed by atoms with Crippen molar-refractivity contribution in [3.05, 3.63) is 0 Å². The number of hydrogen-bond acceptors (Lipinski definition) is 2. The first-order valence-electron chi connectivity index (χ1n) is 2.41.